The summed E-state index contributed by atoms with van der Waals surface area (Å²) in [6, 6.07) is 6.92. The fraction of sp³-hybridized carbons (Fsp3) is 0.533. The summed E-state index contributed by atoms with van der Waals surface area (Å²) in [6.45, 7) is 5.08. The highest BCUT2D eigenvalue weighted by atomic mass is 16.4. The number of aliphatic hydroxyl groups is 1. The average molecular weight is 265 g/mol. The van der Waals surface area contributed by atoms with Gasteiger partial charge in [-0.2, -0.15) is 0 Å². The number of hydrogen-bond donors (Lipinski definition) is 3. The van der Waals surface area contributed by atoms with Crippen molar-refractivity contribution in [2.75, 3.05) is 6.54 Å². The van der Waals surface area contributed by atoms with Gasteiger partial charge in [-0.3, -0.25) is 0 Å². The topological polar surface area (TPSA) is 69.6 Å². The molecule has 0 aliphatic rings. The van der Waals surface area contributed by atoms with E-state index in [0.717, 1.165) is 18.4 Å². The van der Waals surface area contributed by atoms with Crippen LogP contribution in [-0.2, 0) is 6.54 Å². The van der Waals surface area contributed by atoms with Gasteiger partial charge in [0.05, 0.1) is 11.7 Å². The number of rotatable bonds is 8. The Morgan fingerprint density at radius 2 is 1.89 bits per heavy atom. The highest BCUT2D eigenvalue weighted by Gasteiger charge is 2.15. The number of carboxylic acids is 1. The minimum atomic E-state index is -0.919. The zero-order chi connectivity index (χ0) is 14.3. The molecule has 0 fully saturated rings. The standard InChI is InChI=1S/C15H23NO3/c1-3-11(4-2)14(17)10-16-9-12-7-5-6-8-13(12)15(18)19/h5-8,11,14,16-17H,3-4,9-10H2,1-2H3,(H,18,19). The maximum atomic E-state index is 11.0. The van der Waals surface area contributed by atoms with Crippen molar-refractivity contribution in [1.29, 1.82) is 0 Å². The van der Waals surface area contributed by atoms with Gasteiger partial charge in [-0.15, -0.1) is 0 Å². The maximum absolute atomic E-state index is 11.0. The first-order chi connectivity index (χ1) is 9.10. The van der Waals surface area contributed by atoms with E-state index in [1.165, 1.54) is 0 Å². The predicted molar refractivity (Wildman–Crippen MR) is 75.2 cm³/mol. The molecule has 4 nitrogen and oxygen atoms in total. The predicted octanol–water partition coefficient (Wildman–Crippen LogP) is 2.27. The summed E-state index contributed by atoms with van der Waals surface area (Å²) in [4.78, 5) is 11.0. The lowest BCUT2D eigenvalue weighted by Gasteiger charge is -2.20. The number of hydrogen-bond acceptors (Lipinski definition) is 3. The fourth-order valence-corrected chi connectivity index (χ4v) is 2.24. The molecule has 0 amide bonds. The van der Waals surface area contributed by atoms with E-state index in [4.69, 9.17) is 5.11 Å². The second-order valence-electron chi connectivity index (χ2n) is 4.74. The Bertz CT molecular complexity index is 402. The Balaban J connectivity index is 2.52. The third kappa shape index (κ3) is 4.65. The van der Waals surface area contributed by atoms with Crippen molar-refractivity contribution in [3.05, 3.63) is 35.4 Å². The van der Waals surface area contributed by atoms with E-state index in [1.807, 2.05) is 6.07 Å². The van der Waals surface area contributed by atoms with Crippen molar-refractivity contribution in [1.82, 2.24) is 5.32 Å². The summed E-state index contributed by atoms with van der Waals surface area (Å²) in [5.41, 5.74) is 1.05. The van der Waals surface area contributed by atoms with Crippen LogP contribution >= 0.6 is 0 Å². The molecule has 0 aromatic heterocycles. The van der Waals surface area contributed by atoms with Crippen LogP contribution in [0.4, 0.5) is 0 Å². The second kappa shape index (κ2) is 7.92. The number of carbonyl (C=O) groups is 1. The molecule has 1 atom stereocenters. The van der Waals surface area contributed by atoms with Gasteiger partial charge in [0.2, 0.25) is 0 Å². The molecule has 19 heavy (non-hydrogen) atoms. The second-order valence-corrected chi connectivity index (χ2v) is 4.74. The minimum absolute atomic E-state index is 0.294. The van der Waals surface area contributed by atoms with Gasteiger partial charge in [0.1, 0.15) is 0 Å². The van der Waals surface area contributed by atoms with Crippen LogP contribution in [0.3, 0.4) is 0 Å². The third-order valence-corrected chi connectivity index (χ3v) is 3.51. The van der Waals surface area contributed by atoms with Crippen LogP contribution < -0.4 is 5.32 Å². The summed E-state index contributed by atoms with van der Waals surface area (Å²) in [7, 11) is 0. The molecule has 1 aromatic carbocycles. The Hall–Kier alpha value is -1.39. The smallest absolute Gasteiger partial charge is 0.336 e. The van der Waals surface area contributed by atoms with Crippen LogP contribution in [0.1, 0.15) is 42.6 Å². The monoisotopic (exact) mass is 265 g/mol. The van der Waals surface area contributed by atoms with Gasteiger partial charge >= 0.3 is 5.97 Å². The van der Waals surface area contributed by atoms with Crippen LogP contribution in [0.25, 0.3) is 0 Å². The van der Waals surface area contributed by atoms with Gasteiger partial charge in [-0.25, -0.2) is 4.79 Å². The van der Waals surface area contributed by atoms with E-state index >= 15 is 0 Å². The number of carboxylic acid groups (broad SMARTS) is 1. The number of aliphatic hydroxyl groups excluding tert-OH is 1. The molecule has 3 N–H and O–H groups in total. The molecule has 0 heterocycles. The van der Waals surface area contributed by atoms with E-state index in [1.54, 1.807) is 18.2 Å². The highest BCUT2D eigenvalue weighted by Crippen LogP contribution is 2.13. The van der Waals surface area contributed by atoms with Crippen molar-refractivity contribution < 1.29 is 15.0 Å². The molecular weight excluding hydrogens is 242 g/mol. The molecule has 106 valence electrons. The summed E-state index contributed by atoms with van der Waals surface area (Å²) < 4.78 is 0. The van der Waals surface area contributed by atoms with E-state index in [9.17, 15) is 9.90 Å². The van der Waals surface area contributed by atoms with Crippen LogP contribution in [0.5, 0.6) is 0 Å². The lowest BCUT2D eigenvalue weighted by molar-refractivity contribution is 0.0695. The van der Waals surface area contributed by atoms with Gasteiger partial charge in [-0.05, 0) is 17.5 Å². The van der Waals surface area contributed by atoms with Crippen LogP contribution in [0.15, 0.2) is 24.3 Å². The van der Waals surface area contributed by atoms with Crippen molar-refractivity contribution in [2.24, 2.45) is 5.92 Å². The first-order valence-corrected chi connectivity index (χ1v) is 6.80. The molecule has 0 saturated carbocycles. The molecule has 0 aliphatic heterocycles. The number of aromatic carboxylic acids is 1. The fourth-order valence-electron chi connectivity index (χ4n) is 2.24. The molecule has 1 aromatic rings. The SMILES string of the molecule is CCC(CC)C(O)CNCc1ccccc1C(=O)O. The molecular formula is C15H23NO3. The van der Waals surface area contributed by atoms with Gasteiger partial charge in [0, 0.05) is 13.1 Å². The average Bonchev–Trinajstić information content (AvgIpc) is 2.40. The molecule has 1 unspecified atom stereocenters. The van der Waals surface area contributed by atoms with Crippen LogP contribution in [0, 0.1) is 5.92 Å². The van der Waals surface area contributed by atoms with Gasteiger partial charge in [-0.1, -0.05) is 44.9 Å². The Kier molecular flexibility index (Phi) is 6.53. The van der Waals surface area contributed by atoms with Crippen molar-refractivity contribution >= 4 is 5.97 Å². The number of benzene rings is 1. The van der Waals surface area contributed by atoms with Crippen molar-refractivity contribution in [3.63, 3.8) is 0 Å². The largest absolute Gasteiger partial charge is 0.478 e. The normalized spacial score (nSPS) is 12.6. The van der Waals surface area contributed by atoms with Crippen LogP contribution in [-0.4, -0.2) is 28.8 Å². The molecule has 0 bridgehead atoms. The summed E-state index contributed by atoms with van der Waals surface area (Å²) in [6.07, 6.45) is 1.52. The Labute approximate surface area is 114 Å². The molecule has 0 radical (unpaired) electrons. The zero-order valence-corrected chi connectivity index (χ0v) is 11.6. The molecule has 0 aliphatic carbocycles. The summed E-state index contributed by atoms with van der Waals surface area (Å²) in [5, 5.41) is 22.2. The summed E-state index contributed by atoms with van der Waals surface area (Å²) in [5.74, 6) is -0.625. The maximum Gasteiger partial charge on any atom is 0.336 e. The van der Waals surface area contributed by atoms with E-state index in [0.29, 0.717) is 24.6 Å². The molecule has 0 spiro atoms. The first kappa shape index (κ1) is 15.7. The van der Waals surface area contributed by atoms with E-state index < -0.39 is 5.97 Å². The third-order valence-electron chi connectivity index (χ3n) is 3.51. The number of nitrogens with one attached hydrogen (secondary N) is 1. The molecule has 4 heteroatoms. The van der Waals surface area contributed by atoms with Crippen molar-refractivity contribution in [2.45, 2.75) is 39.3 Å². The lowest BCUT2D eigenvalue weighted by Crippen LogP contribution is -2.32. The highest BCUT2D eigenvalue weighted by molar-refractivity contribution is 5.89. The Morgan fingerprint density at radius 1 is 1.26 bits per heavy atom. The van der Waals surface area contributed by atoms with E-state index in [-0.39, 0.29) is 6.10 Å². The van der Waals surface area contributed by atoms with Gasteiger partial charge in [0.25, 0.3) is 0 Å². The summed E-state index contributed by atoms with van der Waals surface area (Å²) >= 11 is 0. The van der Waals surface area contributed by atoms with Gasteiger partial charge in [0.15, 0.2) is 0 Å². The van der Waals surface area contributed by atoms with Crippen LogP contribution in [0.2, 0.25) is 0 Å². The minimum Gasteiger partial charge on any atom is -0.478 e. The quantitative estimate of drug-likeness (QED) is 0.674. The molecule has 1 rings (SSSR count). The van der Waals surface area contributed by atoms with Gasteiger partial charge < -0.3 is 15.5 Å². The molecule has 0 saturated heterocycles. The Morgan fingerprint density at radius 3 is 2.47 bits per heavy atom. The zero-order valence-electron chi connectivity index (χ0n) is 11.6. The van der Waals surface area contributed by atoms with E-state index in [2.05, 4.69) is 19.2 Å². The first-order valence-electron chi connectivity index (χ1n) is 6.80. The lowest BCUT2D eigenvalue weighted by atomic mass is 9.96. The van der Waals surface area contributed by atoms with Crippen molar-refractivity contribution in [3.8, 4) is 0 Å².